The topological polar surface area (TPSA) is 54.2 Å². The molecule has 5 nitrogen and oxygen atoms in total. The van der Waals surface area contributed by atoms with E-state index in [2.05, 4.69) is 15.5 Å². The molecule has 0 bridgehead atoms. The molecule has 5 rings (SSSR count). The summed E-state index contributed by atoms with van der Waals surface area (Å²) >= 11 is 5.64. The number of rotatable bonds is 4. The van der Waals surface area contributed by atoms with E-state index in [0.717, 1.165) is 5.56 Å². The highest BCUT2D eigenvalue weighted by Crippen LogP contribution is 2.39. The first kappa shape index (κ1) is 22.8. The lowest BCUT2D eigenvalue weighted by molar-refractivity contribution is 0.404. The van der Waals surface area contributed by atoms with Gasteiger partial charge in [-0.25, -0.2) is 13.2 Å². The third-order valence-electron chi connectivity index (χ3n) is 5.86. The molecule has 0 saturated heterocycles. The predicted molar refractivity (Wildman–Crippen MR) is 131 cm³/mol. The highest BCUT2D eigenvalue weighted by Gasteiger charge is 2.35. The highest BCUT2D eigenvalue weighted by molar-refractivity contribution is 7.80. The van der Waals surface area contributed by atoms with Crippen molar-refractivity contribution in [2.45, 2.75) is 19.9 Å². The van der Waals surface area contributed by atoms with Crippen molar-refractivity contribution in [3.05, 3.63) is 107 Å². The molecule has 176 valence electrons. The molecule has 1 aliphatic heterocycles. The second kappa shape index (κ2) is 8.99. The Hall–Kier alpha value is -3.98. The maximum atomic E-state index is 14.4. The zero-order chi connectivity index (χ0) is 24.7. The van der Waals surface area contributed by atoms with Gasteiger partial charge in [0.15, 0.2) is 5.11 Å². The van der Waals surface area contributed by atoms with Gasteiger partial charge in [0.1, 0.15) is 17.5 Å². The van der Waals surface area contributed by atoms with Crippen molar-refractivity contribution in [3.8, 4) is 11.4 Å². The van der Waals surface area contributed by atoms with Gasteiger partial charge in [-0.2, -0.15) is 4.98 Å². The summed E-state index contributed by atoms with van der Waals surface area (Å²) in [5.41, 5.74) is 3.56. The average molecular weight is 493 g/mol. The first-order chi connectivity index (χ1) is 16.8. The van der Waals surface area contributed by atoms with Crippen molar-refractivity contribution in [2.24, 2.45) is 0 Å². The quantitative estimate of drug-likeness (QED) is 0.336. The van der Waals surface area contributed by atoms with E-state index in [-0.39, 0.29) is 29.2 Å². The van der Waals surface area contributed by atoms with Gasteiger partial charge < -0.3 is 9.84 Å². The standard InChI is InChI=1S/C26H19F3N4OS/c1-14-3-12-20(13-21(14)29)33-15(2)22(23(30-26(33)35)16-4-8-18(27)9-5-16)25-31-24(32-34-25)17-6-10-19(28)11-7-17/h3-13,23H,1-2H3,(H,30,35). The van der Waals surface area contributed by atoms with Crippen LogP contribution in [0.25, 0.3) is 17.0 Å². The minimum atomic E-state index is -0.531. The lowest BCUT2D eigenvalue weighted by atomic mass is 9.94. The largest absolute Gasteiger partial charge is 0.351 e. The van der Waals surface area contributed by atoms with E-state index in [0.29, 0.717) is 33.2 Å². The number of hydrogen-bond acceptors (Lipinski definition) is 4. The van der Waals surface area contributed by atoms with E-state index >= 15 is 0 Å². The number of aryl methyl sites for hydroxylation is 1. The van der Waals surface area contributed by atoms with Gasteiger partial charge in [0.05, 0.1) is 17.3 Å². The zero-order valence-corrected chi connectivity index (χ0v) is 19.5. The van der Waals surface area contributed by atoms with Crippen molar-refractivity contribution in [1.82, 2.24) is 15.5 Å². The maximum absolute atomic E-state index is 14.4. The normalized spacial score (nSPS) is 16.0. The molecule has 0 amide bonds. The Bertz CT molecular complexity index is 1450. The second-order valence-electron chi connectivity index (χ2n) is 8.13. The van der Waals surface area contributed by atoms with Crippen LogP contribution in [-0.4, -0.2) is 15.3 Å². The molecule has 0 aliphatic carbocycles. The van der Waals surface area contributed by atoms with Crippen LogP contribution < -0.4 is 10.2 Å². The van der Waals surface area contributed by atoms with E-state index in [4.69, 9.17) is 16.7 Å². The summed E-state index contributed by atoms with van der Waals surface area (Å²) in [4.78, 5) is 6.24. The number of benzene rings is 3. The van der Waals surface area contributed by atoms with Crippen molar-refractivity contribution < 1.29 is 17.7 Å². The van der Waals surface area contributed by atoms with Gasteiger partial charge in [-0.1, -0.05) is 23.4 Å². The molecule has 1 unspecified atom stereocenters. The second-order valence-corrected chi connectivity index (χ2v) is 8.52. The van der Waals surface area contributed by atoms with Gasteiger partial charge in [0, 0.05) is 11.3 Å². The molecule has 0 spiro atoms. The lowest BCUT2D eigenvalue weighted by Gasteiger charge is -2.37. The van der Waals surface area contributed by atoms with Crippen LogP contribution in [0.1, 0.15) is 30.0 Å². The Balaban J connectivity index is 1.65. The van der Waals surface area contributed by atoms with Crippen LogP contribution >= 0.6 is 12.2 Å². The van der Waals surface area contributed by atoms with Gasteiger partial charge in [0.2, 0.25) is 5.82 Å². The number of anilines is 1. The number of allylic oxidation sites excluding steroid dienone is 1. The highest BCUT2D eigenvalue weighted by atomic mass is 32.1. The van der Waals surface area contributed by atoms with Crippen molar-refractivity contribution in [2.75, 3.05) is 4.90 Å². The smallest absolute Gasteiger partial charge is 0.258 e. The van der Waals surface area contributed by atoms with Gasteiger partial charge in [0.25, 0.3) is 5.89 Å². The third-order valence-corrected chi connectivity index (χ3v) is 6.16. The van der Waals surface area contributed by atoms with Crippen molar-refractivity contribution in [1.29, 1.82) is 0 Å². The Kier molecular flexibility index (Phi) is 5.86. The molecular weight excluding hydrogens is 473 g/mol. The SMILES string of the molecule is CC1=C(c2nc(-c3ccc(F)cc3)no2)C(c2ccc(F)cc2)NC(=S)N1c1ccc(C)c(F)c1. The maximum Gasteiger partial charge on any atom is 0.258 e. The predicted octanol–water partition coefficient (Wildman–Crippen LogP) is 6.33. The first-order valence-corrected chi connectivity index (χ1v) is 11.2. The van der Waals surface area contributed by atoms with E-state index in [1.54, 1.807) is 48.2 Å². The summed E-state index contributed by atoms with van der Waals surface area (Å²) in [6.45, 7) is 3.50. The monoisotopic (exact) mass is 492 g/mol. The summed E-state index contributed by atoms with van der Waals surface area (Å²) in [5.74, 6) is -0.638. The molecule has 1 aromatic heterocycles. The fourth-order valence-corrected chi connectivity index (χ4v) is 4.37. The van der Waals surface area contributed by atoms with Gasteiger partial charge in [-0.05, 0) is 85.7 Å². The fourth-order valence-electron chi connectivity index (χ4n) is 4.01. The molecule has 4 aromatic rings. The van der Waals surface area contributed by atoms with Gasteiger partial charge >= 0.3 is 0 Å². The fraction of sp³-hybridized carbons (Fsp3) is 0.115. The molecule has 0 radical (unpaired) electrons. The number of thiocarbonyl (C=S) groups is 1. The minimum absolute atomic E-state index is 0.198. The minimum Gasteiger partial charge on any atom is -0.351 e. The number of hydrogen-bond donors (Lipinski definition) is 1. The van der Waals surface area contributed by atoms with E-state index < -0.39 is 6.04 Å². The average Bonchev–Trinajstić information content (AvgIpc) is 3.31. The molecule has 3 aromatic carbocycles. The zero-order valence-electron chi connectivity index (χ0n) is 18.7. The van der Waals surface area contributed by atoms with Crippen LogP contribution in [0.2, 0.25) is 0 Å². The van der Waals surface area contributed by atoms with E-state index in [9.17, 15) is 13.2 Å². The van der Waals surface area contributed by atoms with E-state index in [1.807, 2.05) is 6.92 Å². The number of nitrogens with zero attached hydrogens (tertiary/aromatic N) is 3. The number of halogens is 3. The molecule has 2 heterocycles. The summed E-state index contributed by atoms with van der Waals surface area (Å²) in [5, 5.41) is 7.65. The summed E-state index contributed by atoms with van der Waals surface area (Å²) in [6, 6.07) is 16.0. The number of aromatic nitrogens is 2. The first-order valence-electron chi connectivity index (χ1n) is 10.7. The van der Waals surface area contributed by atoms with Crippen LogP contribution in [0.3, 0.4) is 0 Å². The molecule has 35 heavy (non-hydrogen) atoms. The number of nitrogens with one attached hydrogen (secondary N) is 1. The third kappa shape index (κ3) is 4.30. The summed E-state index contributed by atoms with van der Waals surface area (Å²) in [6.07, 6.45) is 0. The Morgan fingerprint density at radius 1 is 0.914 bits per heavy atom. The van der Waals surface area contributed by atoms with Gasteiger partial charge in [-0.3, -0.25) is 4.90 Å². The van der Waals surface area contributed by atoms with Crippen LogP contribution in [0.15, 0.2) is 77.0 Å². The van der Waals surface area contributed by atoms with Crippen molar-refractivity contribution in [3.63, 3.8) is 0 Å². The molecule has 1 N–H and O–H groups in total. The lowest BCUT2D eigenvalue weighted by Crippen LogP contribution is -2.46. The van der Waals surface area contributed by atoms with Crippen LogP contribution in [0, 0.1) is 24.4 Å². The van der Waals surface area contributed by atoms with E-state index in [1.165, 1.54) is 30.3 Å². The van der Waals surface area contributed by atoms with Crippen LogP contribution in [0.4, 0.5) is 18.9 Å². The summed E-state index contributed by atoms with van der Waals surface area (Å²) < 4.78 is 47.0. The Morgan fingerprint density at radius 2 is 1.57 bits per heavy atom. The molecular formula is C26H19F3N4OS. The van der Waals surface area contributed by atoms with Crippen LogP contribution in [-0.2, 0) is 0 Å². The van der Waals surface area contributed by atoms with Crippen molar-refractivity contribution >= 4 is 28.6 Å². The molecule has 0 fully saturated rings. The Morgan fingerprint density at radius 3 is 2.23 bits per heavy atom. The molecule has 0 saturated carbocycles. The molecule has 9 heteroatoms. The molecule has 1 aliphatic rings. The van der Waals surface area contributed by atoms with Crippen LogP contribution in [0.5, 0.6) is 0 Å². The Labute approximate surface area is 204 Å². The molecule has 1 atom stereocenters. The summed E-state index contributed by atoms with van der Waals surface area (Å²) in [7, 11) is 0. The van der Waals surface area contributed by atoms with Gasteiger partial charge in [-0.15, -0.1) is 0 Å².